The Morgan fingerprint density at radius 3 is 2.84 bits per heavy atom. The summed E-state index contributed by atoms with van der Waals surface area (Å²) in [5.41, 5.74) is 1.16. The molecule has 0 spiro atoms. The fraction of sp³-hybridized carbons (Fsp3) is 0.500. The van der Waals surface area contributed by atoms with Gasteiger partial charge in [0.2, 0.25) is 0 Å². The van der Waals surface area contributed by atoms with Crippen LogP contribution in [0.4, 0.5) is 5.82 Å². The molecule has 1 aliphatic heterocycles. The number of hydrogen-bond donors (Lipinski definition) is 0. The molecule has 0 amide bonds. The van der Waals surface area contributed by atoms with E-state index in [0.717, 1.165) is 25.1 Å². The lowest BCUT2D eigenvalue weighted by Crippen LogP contribution is -2.38. The summed E-state index contributed by atoms with van der Waals surface area (Å²) in [5.74, 6) is 0.590. The Balaban J connectivity index is 1.90. The molecule has 2 aromatic rings. The number of aromatic nitrogens is 4. The average Bonchev–Trinajstić information content (AvgIpc) is 3.03. The monoisotopic (exact) mass is 338 g/mol. The standard InChI is InChI=1S/C18H22N6O/c1-18(2,3)15-6-7-16(25)24(22-15)12-14-5-4-10-23(14)17-13(11-19)8-9-20-21-17/h6-9,14H,4-5,10,12H2,1-3H3. The molecule has 1 aliphatic rings. The number of hydrogen-bond acceptors (Lipinski definition) is 6. The van der Waals surface area contributed by atoms with Crippen molar-refractivity contribution in [3.8, 4) is 6.07 Å². The van der Waals surface area contributed by atoms with Crippen molar-refractivity contribution < 1.29 is 0 Å². The van der Waals surface area contributed by atoms with E-state index in [2.05, 4.69) is 47.0 Å². The second-order valence-electron chi connectivity index (χ2n) is 7.36. The third-order valence-electron chi connectivity index (χ3n) is 4.49. The summed E-state index contributed by atoms with van der Waals surface area (Å²) >= 11 is 0. The summed E-state index contributed by atoms with van der Waals surface area (Å²) in [6.45, 7) is 7.50. The van der Waals surface area contributed by atoms with Gasteiger partial charge in [0.25, 0.3) is 5.56 Å². The van der Waals surface area contributed by atoms with Crippen LogP contribution >= 0.6 is 0 Å². The van der Waals surface area contributed by atoms with Crippen LogP contribution in [0.5, 0.6) is 0 Å². The molecule has 2 aromatic heterocycles. The molecule has 0 aromatic carbocycles. The van der Waals surface area contributed by atoms with Gasteiger partial charge in [-0.05, 0) is 25.0 Å². The van der Waals surface area contributed by atoms with Crippen LogP contribution < -0.4 is 10.5 Å². The fourth-order valence-electron chi connectivity index (χ4n) is 3.11. The first-order chi connectivity index (χ1) is 11.9. The number of rotatable bonds is 3. The quantitative estimate of drug-likeness (QED) is 0.849. The zero-order valence-electron chi connectivity index (χ0n) is 14.8. The van der Waals surface area contributed by atoms with Gasteiger partial charge in [0, 0.05) is 18.0 Å². The van der Waals surface area contributed by atoms with Crippen molar-refractivity contribution in [2.24, 2.45) is 0 Å². The number of anilines is 1. The Labute approximate surface area is 146 Å². The van der Waals surface area contributed by atoms with Crippen LogP contribution in [0.1, 0.15) is 44.9 Å². The van der Waals surface area contributed by atoms with Gasteiger partial charge in [-0.15, -0.1) is 5.10 Å². The summed E-state index contributed by atoms with van der Waals surface area (Å²) in [4.78, 5) is 14.3. The average molecular weight is 338 g/mol. The molecule has 1 fully saturated rings. The van der Waals surface area contributed by atoms with E-state index < -0.39 is 0 Å². The zero-order valence-corrected chi connectivity index (χ0v) is 14.8. The molecule has 7 heteroatoms. The van der Waals surface area contributed by atoms with Gasteiger partial charge in [0.05, 0.1) is 30.0 Å². The molecule has 0 bridgehead atoms. The topological polar surface area (TPSA) is 87.7 Å². The van der Waals surface area contributed by atoms with E-state index in [1.165, 1.54) is 10.9 Å². The molecule has 7 nitrogen and oxygen atoms in total. The first-order valence-electron chi connectivity index (χ1n) is 8.47. The lowest BCUT2D eigenvalue weighted by molar-refractivity contribution is 0.456. The molecule has 0 aliphatic carbocycles. The first-order valence-corrected chi connectivity index (χ1v) is 8.47. The van der Waals surface area contributed by atoms with Gasteiger partial charge in [0.15, 0.2) is 5.82 Å². The van der Waals surface area contributed by atoms with Crippen LogP contribution in [-0.2, 0) is 12.0 Å². The molecule has 1 atom stereocenters. The van der Waals surface area contributed by atoms with Crippen molar-refractivity contribution in [3.05, 3.63) is 46.0 Å². The molecule has 0 radical (unpaired) electrons. The van der Waals surface area contributed by atoms with E-state index in [4.69, 9.17) is 0 Å². The highest BCUT2D eigenvalue weighted by Crippen LogP contribution is 2.26. The Kier molecular flexibility index (Phi) is 4.53. The van der Waals surface area contributed by atoms with E-state index >= 15 is 0 Å². The van der Waals surface area contributed by atoms with Crippen molar-refractivity contribution in [1.29, 1.82) is 5.26 Å². The Morgan fingerprint density at radius 1 is 1.32 bits per heavy atom. The van der Waals surface area contributed by atoms with Crippen molar-refractivity contribution in [3.63, 3.8) is 0 Å². The third-order valence-corrected chi connectivity index (χ3v) is 4.49. The van der Waals surface area contributed by atoms with Gasteiger partial charge in [-0.3, -0.25) is 4.79 Å². The minimum absolute atomic E-state index is 0.0734. The van der Waals surface area contributed by atoms with Gasteiger partial charge in [-0.1, -0.05) is 20.8 Å². The van der Waals surface area contributed by atoms with Crippen LogP contribution in [0, 0.1) is 11.3 Å². The Morgan fingerprint density at radius 2 is 2.12 bits per heavy atom. The van der Waals surface area contributed by atoms with Crippen LogP contribution in [-0.4, -0.2) is 32.6 Å². The Bertz CT molecular complexity index is 861. The molecule has 3 rings (SSSR count). The molecule has 0 N–H and O–H groups in total. The third kappa shape index (κ3) is 3.53. The normalized spacial score (nSPS) is 17.5. The van der Waals surface area contributed by atoms with Crippen molar-refractivity contribution in [2.75, 3.05) is 11.4 Å². The van der Waals surface area contributed by atoms with Crippen molar-refractivity contribution >= 4 is 5.82 Å². The van der Waals surface area contributed by atoms with Crippen molar-refractivity contribution in [2.45, 2.75) is 51.6 Å². The minimum atomic E-state index is -0.121. The summed E-state index contributed by atoms with van der Waals surface area (Å²) < 4.78 is 1.53. The second kappa shape index (κ2) is 6.63. The molecule has 130 valence electrons. The van der Waals surface area contributed by atoms with E-state index in [1.54, 1.807) is 18.2 Å². The van der Waals surface area contributed by atoms with Gasteiger partial charge in [-0.25, -0.2) is 4.68 Å². The Hall–Kier alpha value is -2.75. The van der Waals surface area contributed by atoms with Gasteiger partial charge in [-0.2, -0.15) is 15.5 Å². The van der Waals surface area contributed by atoms with Crippen molar-refractivity contribution in [1.82, 2.24) is 20.0 Å². The summed E-state index contributed by atoms with van der Waals surface area (Å²) in [7, 11) is 0. The summed E-state index contributed by atoms with van der Waals surface area (Å²) in [6, 6.07) is 7.28. The van der Waals surface area contributed by atoms with Crippen LogP contribution in [0.25, 0.3) is 0 Å². The maximum Gasteiger partial charge on any atom is 0.266 e. The fourth-order valence-corrected chi connectivity index (χ4v) is 3.11. The van der Waals surface area contributed by atoms with Crippen LogP contribution in [0.2, 0.25) is 0 Å². The molecule has 0 saturated carbocycles. The molecule has 1 saturated heterocycles. The highest BCUT2D eigenvalue weighted by molar-refractivity contribution is 5.53. The molecular formula is C18H22N6O. The van der Waals surface area contributed by atoms with Crippen LogP contribution in [0.3, 0.4) is 0 Å². The molecule has 25 heavy (non-hydrogen) atoms. The lowest BCUT2D eigenvalue weighted by atomic mass is 9.92. The van der Waals surface area contributed by atoms with E-state index in [9.17, 15) is 10.1 Å². The number of nitrogens with zero attached hydrogens (tertiary/aromatic N) is 6. The molecule has 3 heterocycles. The van der Waals surface area contributed by atoms with Gasteiger partial charge in [0.1, 0.15) is 6.07 Å². The SMILES string of the molecule is CC(C)(C)c1ccc(=O)n(CC2CCCN2c2nnccc2C#N)n1. The first kappa shape index (κ1) is 17.1. The van der Waals surface area contributed by atoms with Gasteiger partial charge < -0.3 is 4.90 Å². The maximum atomic E-state index is 12.3. The van der Waals surface area contributed by atoms with Gasteiger partial charge >= 0.3 is 0 Å². The van der Waals surface area contributed by atoms with E-state index in [1.807, 2.05) is 0 Å². The summed E-state index contributed by atoms with van der Waals surface area (Å²) in [6.07, 6.45) is 3.43. The smallest absolute Gasteiger partial charge is 0.266 e. The van der Waals surface area contributed by atoms with E-state index in [0.29, 0.717) is 17.9 Å². The van der Waals surface area contributed by atoms with Crippen LogP contribution in [0.15, 0.2) is 29.2 Å². The highest BCUT2D eigenvalue weighted by atomic mass is 16.1. The van der Waals surface area contributed by atoms with E-state index in [-0.39, 0.29) is 17.0 Å². The largest absolute Gasteiger partial charge is 0.349 e. The minimum Gasteiger partial charge on any atom is -0.349 e. The predicted molar refractivity (Wildman–Crippen MR) is 94.3 cm³/mol. The highest BCUT2D eigenvalue weighted by Gasteiger charge is 2.29. The molecular weight excluding hydrogens is 316 g/mol. The zero-order chi connectivity index (χ0) is 18.0. The lowest BCUT2D eigenvalue weighted by Gasteiger charge is -2.26. The maximum absolute atomic E-state index is 12.3. The number of nitriles is 1. The molecule has 1 unspecified atom stereocenters. The predicted octanol–water partition coefficient (Wildman–Crippen LogP) is 1.87. The second-order valence-corrected chi connectivity index (χ2v) is 7.36. The summed E-state index contributed by atoms with van der Waals surface area (Å²) in [5, 5.41) is 21.9.